The molecule has 4 rings (SSSR count). The molecule has 2 heterocycles. The van der Waals surface area contributed by atoms with Crippen molar-refractivity contribution in [3.05, 3.63) is 29.2 Å². The molecule has 0 amide bonds. The van der Waals surface area contributed by atoms with Crippen molar-refractivity contribution in [2.75, 3.05) is 31.2 Å². The van der Waals surface area contributed by atoms with E-state index in [2.05, 4.69) is 20.9 Å². The maximum Gasteiger partial charge on any atom is 0.125 e. The number of hydrogen-bond acceptors (Lipinski definition) is 4. The SMILES string of the molecule is Cc1ncc2cc(N3CCOCC3)c3c(c2n1)CCC3. The van der Waals surface area contributed by atoms with E-state index in [0.717, 1.165) is 38.5 Å². The quantitative estimate of drug-likeness (QED) is 0.796. The van der Waals surface area contributed by atoms with Crippen molar-refractivity contribution in [2.24, 2.45) is 0 Å². The number of ether oxygens (including phenoxy) is 1. The number of hydrogen-bond donors (Lipinski definition) is 0. The van der Waals surface area contributed by atoms with Crippen molar-refractivity contribution in [1.82, 2.24) is 9.97 Å². The Morgan fingerprint density at radius 1 is 1.15 bits per heavy atom. The third-order valence-corrected chi connectivity index (χ3v) is 4.39. The summed E-state index contributed by atoms with van der Waals surface area (Å²) in [4.78, 5) is 11.5. The van der Waals surface area contributed by atoms with Crippen LogP contribution in [0.2, 0.25) is 0 Å². The highest BCUT2D eigenvalue weighted by molar-refractivity contribution is 5.88. The summed E-state index contributed by atoms with van der Waals surface area (Å²) in [5.41, 5.74) is 5.52. The highest BCUT2D eigenvalue weighted by Gasteiger charge is 2.23. The molecule has 1 aliphatic carbocycles. The van der Waals surface area contributed by atoms with Crippen LogP contribution in [0.5, 0.6) is 0 Å². The van der Waals surface area contributed by atoms with Crippen LogP contribution in [0.3, 0.4) is 0 Å². The van der Waals surface area contributed by atoms with Gasteiger partial charge in [-0.15, -0.1) is 0 Å². The zero-order chi connectivity index (χ0) is 13.5. The minimum Gasteiger partial charge on any atom is -0.378 e. The Hall–Kier alpha value is -1.68. The Labute approximate surface area is 118 Å². The van der Waals surface area contributed by atoms with Crippen LogP contribution in [0.1, 0.15) is 23.4 Å². The summed E-state index contributed by atoms with van der Waals surface area (Å²) in [5, 5.41) is 1.18. The minimum atomic E-state index is 0.831. The van der Waals surface area contributed by atoms with Crippen LogP contribution >= 0.6 is 0 Å². The molecule has 104 valence electrons. The fraction of sp³-hybridized carbons (Fsp3) is 0.500. The van der Waals surface area contributed by atoms with Gasteiger partial charge in [-0.2, -0.15) is 0 Å². The second kappa shape index (κ2) is 4.70. The van der Waals surface area contributed by atoms with Crippen molar-refractivity contribution in [2.45, 2.75) is 26.2 Å². The van der Waals surface area contributed by atoms with Gasteiger partial charge in [-0.1, -0.05) is 0 Å². The molecule has 0 N–H and O–H groups in total. The first-order valence-electron chi connectivity index (χ1n) is 7.44. The molecule has 4 heteroatoms. The maximum absolute atomic E-state index is 5.48. The van der Waals surface area contributed by atoms with E-state index in [0.29, 0.717) is 0 Å². The molecule has 2 aromatic rings. The van der Waals surface area contributed by atoms with Gasteiger partial charge in [-0.05, 0) is 43.4 Å². The van der Waals surface area contributed by atoms with E-state index in [4.69, 9.17) is 4.74 Å². The van der Waals surface area contributed by atoms with Crippen LogP contribution in [0.15, 0.2) is 12.3 Å². The predicted octanol–water partition coefficient (Wildman–Crippen LogP) is 2.26. The standard InChI is InChI=1S/C16H19N3O/c1-11-17-10-12-9-15(19-5-7-20-8-6-19)13-3-2-4-14(13)16(12)18-11/h9-10H,2-8H2,1H3. The van der Waals surface area contributed by atoms with Gasteiger partial charge in [0, 0.05) is 30.4 Å². The number of anilines is 1. The molecule has 0 bridgehead atoms. The van der Waals surface area contributed by atoms with Crippen LogP contribution in [-0.2, 0) is 17.6 Å². The molecule has 2 aliphatic rings. The first-order valence-corrected chi connectivity index (χ1v) is 7.44. The lowest BCUT2D eigenvalue weighted by atomic mass is 10.0. The molecule has 0 saturated carbocycles. The normalized spacial score (nSPS) is 18.6. The molecule has 0 atom stereocenters. The van der Waals surface area contributed by atoms with Crippen LogP contribution in [0.4, 0.5) is 5.69 Å². The molecule has 1 aromatic heterocycles. The molecule has 0 unspecified atom stereocenters. The number of rotatable bonds is 1. The van der Waals surface area contributed by atoms with Gasteiger partial charge in [0.15, 0.2) is 0 Å². The predicted molar refractivity (Wildman–Crippen MR) is 79.3 cm³/mol. The van der Waals surface area contributed by atoms with Crippen LogP contribution < -0.4 is 4.90 Å². The van der Waals surface area contributed by atoms with Crippen LogP contribution in [0.25, 0.3) is 10.9 Å². The highest BCUT2D eigenvalue weighted by Crippen LogP contribution is 2.36. The first-order chi connectivity index (χ1) is 9.83. The van der Waals surface area contributed by atoms with Crippen molar-refractivity contribution in [3.8, 4) is 0 Å². The van der Waals surface area contributed by atoms with Gasteiger partial charge in [0.1, 0.15) is 5.82 Å². The van der Waals surface area contributed by atoms with E-state index < -0.39 is 0 Å². The van der Waals surface area contributed by atoms with Crippen molar-refractivity contribution >= 4 is 16.6 Å². The molecule has 20 heavy (non-hydrogen) atoms. The van der Waals surface area contributed by atoms with Crippen molar-refractivity contribution in [1.29, 1.82) is 0 Å². The van der Waals surface area contributed by atoms with E-state index in [-0.39, 0.29) is 0 Å². The van der Waals surface area contributed by atoms with Gasteiger partial charge >= 0.3 is 0 Å². The molecule has 0 radical (unpaired) electrons. The van der Waals surface area contributed by atoms with Gasteiger partial charge < -0.3 is 9.64 Å². The summed E-state index contributed by atoms with van der Waals surface area (Å²) in [6.45, 7) is 5.61. The zero-order valence-electron chi connectivity index (χ0n) is 11.9. The van der Waals surface area contributed by atoms with Crippen molar-refractivity contribution in [3.63, 3.8) is 0 Å². The van der Waals surface area contributed by atoms with Crippen LogP contribution in [0, 0.1) is 6.92 Å². The second-order valence-corrected chi connectivity index (χ2v) is 5.66. The smallest absolute Gasteiger partial charge is 0.125 e. The van der Waals surface area contributed by atoms with Crippen LogP contribution in [-0.4, -0.2) is 36.3 Å². The Morgan fingerprint density at radius 3 is 2.80 bits per heavy atom. The highest BCUT2D eigenvalue weighted by atomic mass is 16.5. The molecule has 1 saturated heterocycles. The van der Waals surface area contributed by atoms with E-state index in [1.54, 1.807) is 0 Å². The second-order valence-electron chi connectivity index (χ2n) is 5.66. The fourth-order valence-electron chi connectivity index (χ4n) is 3.44. The fourth-order valence-corrected chi connectivity index (χ4v) is 3.44. The molecule has 1 fully saturated rings. The third kappa shape index (κ3) is 1.86. The molecule has 1 aromatic carbocycles. The van der Waals surface area contributed by atoms with Crippen molar-refractivity contribution < 1.29 is 4.74 Å². The number of aromatic nitrogens is 2. The number of nitrogens with zero attached hydrogens (tertiary/aromatic N) is 3. The summed E-state index contributed by atoms with van der Waals surface area (Å²) in [6, 6.07) is 2.28. The summed E-state index contributed by atoms with van der Waals surface area (Å²) in [7, 11) is 0. The topological polar surface area (TPSA) is 38.2 Å². The van der Waals surface area contributed by atoms with Gasteiger partial charge in [0.2, 0.25) is 0 Å². The average Bonchev–Trinajstić information content (AvgIpc) is 2.97. The average molecular weight is 269 g/mol. The first kappa shape index (κ1) is 12.1. The van der Waals surface area contributed by atoms with Gasteiger partial charge in [-0.3, -0.25) is 0 Å². The van der Waals surface area contributed by atoms with Gasteiger partial charge in [0.05, 0.1) is 18.7 Å². The van der Waals surface area contributed by atoms with Gasteiger partial charge in [-0.25, -0.2) is 9.97 Å². The lowest BCUT2D eigenvalue weighted by Crippen LogP contribution is -2.36. The van der Waals surface area contributed by atoms with E-state index in [1.165, 1.54) is 40.6 Å². The summed E-state index contributed by atoms with van der Waals surface area (Å²) in [6.07, 6.45) is 5.55. The number of aryl methyl sites for hydroxylation is 2. The monoisotopic (exact) mass is 269 g/mol. The summed E-state index contributed by atoms with van der Waals surface area (Å²) >= 11 is 0. The summed E-state index contributed by atoms with van der Waals surface area (Å²) < 4.78 is 5.48. The number of fused-ring (bicyclic) bond motifs is 3. The van der Waals surface area contributed by atoms with Gasteiger partial charge in [0.25, 0.3) is 0 Å². The Balaban J connectivity index is 1.91. The zero-order valence-corrected chi connectivity index (χ0v) is 11.9. The molecular formula is C16H19N3O. The van der Waals surface area contributed by atoms with E-state index in [1.807, 2.05) is 13.1 Å². The molecule has 1 aliphatic heterocycles. The Bertz CT molecular complexity index is 662. The van der Waals surface area contributed by atoms with E-state index in [9.17, 15) is 0 Å². The molecule has 0 spiro atoms. The Morgan fingerprint density at radius 2 is 1.95 bits per heavy atom. The summed E-state index contributed by atoms with van der Waals surface area (Å²) in [5.74, 6) is 0.866. The maximum atomic E-state index is 5.48. The third-order valence-electron chi connectivity index (χ3n) is 4.39. The molecule has 4 nitrogen and oxygen atoms in total. The Kier molecular flexibility index (Phi) is 2.84. The molecular weight excluding hydrogens is 250 g/mol. The largest absolute Gasteiger partial charge is 0.378 e. The number of morpholine rings is 1. The number of benzene rings is 1. The lowest BCUT2D eigenvalue weighted by Gasteiger charge is -2.31. The lowest BCUT2D eigenvalue weighted by molar-refractivity contribution is 0.122. The van der Waals surface area contributed by atoms with E-state index >= 15 is 0 Å². The minimum absolute atomic E-state index is 0.831.